The largest absolute Gasteiger partial charge is 0.488 e. The first kappa shape index (κ1) is 36.4. The Morgan fingerprint density at radius 3 is 1.56 bits per heavy atom. The number of unbranched alkanes of at least 4 members (excludes halogenated alkanes) is 2. The van der Waals surface area contributed by atoms with E-state index in [4.69, 9.17) is 40.0 Å². The van der Waals surface area contributed by atoms with Crippen molar-refractivity contribution in [2.45, 2.75) is 91.3 Å². The van der Waals surface area contributed by atoms with Gasteiger partial charge in [0.1, 0.15) is 24.7 Å². The van der Waals surface area contributed by atoms with Crippen molar-refractivity contribution in [1.29, 1.82) is 0 Å². The van der Waals surface area contributed by atoms with Crippen LogP contribution in [0, 0.1) is 0 Å². The number of fused-ring (bicyclic) bond motifs is 2. The summed E-state index contributed by atoms with van der Waals surface area (Å²) in [7, 11) is 0. The zero-order chi connectivity index (χ0) is 32.4. The van der Waals surface area contributed by atoms with Crippen molar-refractivity contribution >= 4 is 45.1 Å². The normalized spacial score (nSPS) is 12.6. The number of carbonyl (C=O) groups is 2. The van der Waals surface area contributed by atoms with E-state index in [1.54, 1.807) is 6.07 Å². The highest BCUT2D eigenvalue weighted by Crippen LogP contribution is 2.43. The minimum absolute atomic E-state index is 0.109. The molecule has 0 aliphatic rings. The number of carbonyl (C=O) groups excluding carboxylic acids is 2. The van der Waals surface area contributed by atoms with Crippen LogP contribution in [0.25, 0.3) is 21.5 Å². The molecule has 248 valence electrons. The maximum atomic E-state index is 12.4. The molecule has 0 fully saturated rings. The van der Waals surface area contributed by atoms with Gasteiger partial charge in [0.15, 0.2) is 12.2 Å². The lowest BCUT2D eigenvalue weighted by molar-refractivity contribution is -0.155. The summed E-state index contributed by atoms with van der Waals surface area (Å²) < 4.78 is 36.0. The average Bonchev–Trinajstić information content (AvgIpc) is 3.02. The Kier molecular flexibility index (Phi) is 16.3. The Labute approximate surface area is 272 Å². The predicted octanol–water partition coefficient (Wildman–Crippen LogP) is 8.46. The summed E-state index contributed by atoms with van der Waals surface area (Å²) in [6, 6.07) is 13.3. The highest BCUT2D eigenvalue weighted by atomic mass is 35.5. The summed E-state index contributed by atoms with van der Waals surface area (Å²) in [6.07, 6.45) is 4.80. The van der Waals surface area contributed by atoms with Gasteiger partial charge in [0, 0.05) is 52.6 Å². The molecule has 2 unspecified atom stereocenters. The zero-order valence-electron chi connectivity index (χ0n) is 27.2. The topological polar surface area (TPSA) is 89.5 Å². The van der Waals surface area contributed by atoms with E-state index in [9.17, 15) is 9.59 Å². The quantitative estimate of drug-likeness (QED) is 0.0611. The Morgan fingerprint density at radius 2 is 1.09 bits per heavy atom. The number of halogens is 1. The molecule has 9 heteroatoms. The van der Waals surface area contributed by atoms with Gasteiger partial charge in [-0.3, -0.25) is 9.59 Å². The van der Waals surface area contributed by atoms with E-state index in [-0.39, 0.29) is 38.4 Å². The highest BCUT2D eigenvalue weighted by molar-refractivity contribution is 6.31. The van der Waals surface area contributed by atoms with Gasteiger partial charge in [-0.1, -0.05) is 76.4 Å². The molecule has 0 saturated carbocycles. The minimum atomic E-state index is -0.573. The van der Waals surface area contributed by atoms with Crippen LogP contribution in [0.1, 0.15) is 79.1 Å². The third kappa shape index (κ3) is 11.7. The van der Waals surface area contributed by atoms with Gasteiger partial charge in [0.05, 0.1) is 13.2 Å². The Morgan fingerprint density at radius 1 is 0.622 bits per heavy atom. The molecule has 8 nitrogen and oxygen atoms in total. The summed E-state index contributed by atoms with van der Waals surface area (Å²) in [5, 5.41) is 3.72. The van der Waals surface area contributed by atoms with Crippen molar-refractivity contribution in [3.8, 4) is 11.5 Å². The molecule has 2 atom stereocenters. The Balaban J connectivity index is 1.93. The number of rotatable bonds is 22. The molecule has 0 N–H and O–H groups in total. The van der Waals surface area contributed by atoms with E-state index in [2.05, 4.69) is 13.8 Å². The van der Waals surface area contributed by atoms with Crippen LogP contribution >= 0.6 is 11.6 Å². The summed E-state index contributed by atoms with van der Waals surface area (Å²) in [6.45, 7) is 9.97. The van der Waals surface area contributed by atoms with Gasteiger partial charge in [-0.15, -0.1) is 0 Å². The van der Waals surface area contributed by atoms with Gasteiger partial charge < -0.3 is 28.4 Å². The van der Waals surface area contributed by atoms with Crippen molar-refractivity contribution in [3.05, 3.63) is 47.5 Å². The fourth-order valence-electron chi connectivity index (χ4n) is 4.79. The van der Waals surface area contributed by atoms with Crippen LogP contribution in [0.15, 0.2) is 42.5 Å². The summed E-state index contributed by atoms with van der Waals surface area (Å²) in [5.74, 6) is 0.681. The van der Waals surface area contributed by atoms with E-state index >= 15 is 0 Å². The van der Waals surface area contributed by atoms with E-state index < -0.39 is 12.2 Å². The second-order valence-corrected chi connectivity index (χ2v) is 11.5. The third-order valence-electron chi connectivity index (χ3n) is 7.11. The number of hydrogen-bond donors (Lipinski definition) is 0. The van der Waals surface area contributed by atoms with E-state index in [1.165, 1.54) is 0 Å². The average molecular weight is 645 g/mol. The summed E-state index contributed by atoms with van der Waals surface area (Å²) in [5.41, 5.74) is 0. The number of ether oxygens (including phenoxy) is 6. The lowest BCUT2D eigenvalue weighted by Gasteiger charge is -2.23. The second kappa shape index (κ2) is 20.1. The summed E-state index contributed by atoms with van der Waals surface area (Å²) >= 11 is 6.50. The molecule has 45 heavy (non-hydrogen) atoms. The monoisotopic (exact) mass is 644 g/mol. The van der Waals surface area contributed by atoms with Crippen molar-refractivity contribution in [2.75, 3.05) is 39.6 Å². The van der Waals surface area contributed by atoms with Crippen LogP contribution in [-0.4, -0.2) is 63.8 Å². The standard InChI is InChI=1S/C36H49ClO8/c1-5-9-19-40-22-27(44-33(38)13-7-3)24-42-35-29-15-11-12-16-30(29)36(32-21-26(37)17-18-31(32)35)43-25-28(23-41-20-10-6-2)45-34(39)14-8-4/h11-12,15-18,21,27-28H,5-10,13-14,19-20,22-25H2,1-4H3. The Bertz CT molecular complexity index is 1340. The lowest BCUT2D eigenvalue weighted by Crippen LogP contribution is -2.30. The fourth-order valence-corrected chi connectivity index (χ4v) is 4.96. The second-order valence-electron chi connectivity index (χ2n) is 11.1. The first-order chi connectivity index (χ1) is 21.9. The highest BCUT2D eigenvalue weighted by Gasteiger charge is 2.22. The molecule has 0 aromatic heterocycles. The molecule has 0 bridgehead atoms. The number of hydrogen-bond acceptors (Lipinski definition) is 8. The SMILES string of the molecule is CCCCOCC(COc1c2ccccc2c(OCC(COCCCC)OC(=O)CCC)c2cc(Cl)ccc12)OC(=O)CCC. The molecular weight excluding hydrogens is 596 g/mol. The maximum absolute atomic E-state index is 12.4. The number of benzene rings is 3. The molecule has 0 radical (unpaired) electrons. The molecule has 3 aromatic rings. The van der Waals surface area contributed by atoms with Gasteiger partial charge >= 0.3 is 11.9 Å². The minimum Gasteiger partial charge on any atom is -0.488 e. The maximum Gasteiger partial charge on any atom is 0.306 e. The molecule has 0 spiro atoms. The fraction of sp³-hybridized carbons (Fsp3) is 0.556. The Hall–Kier alpha value is -3.07. The zero-order valence-corrected chi connectivity index (χ0v) is 28.0. The molecule has 0 aliphatic heterocycles. The molecule has 0 amide bonds. The van der Waals surface area contributed by atoms with Crippen LogP contribution in [0.3, 0.4) is 0 Å². The smallest absolute Gasteiger partial charge is 0.306 e. The molecule has 0 heterocycles. The summed E-state index contributed by atoms with van der Waals surface area (Å²) in [4.78, 5) is 24.8. The molecule has 3 rings (SSSR count). The van der Waals surface area contributed by atoms with Crippen LogP contribution in [-0.2, 0) is 28.5 Å². The molecule has 0 aliphatic carbocycles. The van der Waals surface area contributed by atoms with Gasteiger partial charge in [-0.05, 0) is 43.9 Å². The van der Waals surface area contributed by atoms with Gasteiger partial charge in [-0.2, -0.15) is 0 Å². The first-order valence-electron chi connectivity index (χ1n) is 16.4. The van der Waals surface area contributed by atoms with Gasteiger partial charge in [0.25, 0.3) is 0 Å². The van der Waals surface area contributed by atoms with E-state index in [1.807, 2.05) is 50.2 Å². The van der Waals surface area contributed by atoms with Crippen LogP contribution in [0.5, 0.6) is 11.5 Å². The molecule has 3 aromatic carbocycles. The van der Waals surface area contributed by atoms with Crippen LogP contribution in [0.2, 0.25) is 5.02 Å². The molecule has 0 saturated heterocycles. The van der Waals surface area contributed by atoms with Crippen molar-refractivity contribution in [1.82, 2.24) is 0 Å². The van der Waals surface area contributed by atoms with Crippen molar-refractivity contribution in [3.63, 3.8) is 0 Å². The van der Waals surface area contributed by atoms with Crippen molar-refractivity contribution < 1.29 is 38.0 Å². The van der Waals surface area contributed by atoms with Crippen molar-refractivity contribution in [2.24, 2.45) is 0 Å². The third-order valence-corrected chi connectivity index (χ3v) is 7.35. The number of esters is 2. The molecular formula is C36H49ClO8. The lowest BCUT2D eigenvalue weighted by atomic mass is 10.0. The van der Waals surface area contributed by atoms with Gasteiger partial charge in [0.2, 0.25) is 0 Å². The van der Waals surface area contributed by atoms with E-state index in [0.29, 0.717) is 55.4 Å². The predicted molar refractivity (Wildman–Crippen MR) is 178 cm³/mol. The first-order valence-corrected chi connectivity index (χ1v) is 16.7. The van der Waals surface area contributed by atoms with Gasteiger partial charge in [-0.25, -0.2) is 0 Å². The van der Waals surface area contributed by atoms with Crippen LogP contribution in [0.4, 0.5) is 0 Å². The van der Waals surface area contributed by atoms with E-state index in [0.717, 1.165) is 47.2 Å². The van der Waals surface area contributed by atoms with Crippen LogP contribution < -0.4 is 9.47 Å².